The molecule has 0 saturated heterocycles. The molecule has 2 aromatic heterocycles. The average molecular weight is 367 g/mol. The van der Waals surface area contributed by atoms with Crippen molar-refractivity contribution in [3.63, 3.8) is 0 Å². The van der Waals surface area contributed by atoms with Crippen molar-refractivity contribution in [2.24, 2.45) is 4.99 Å². The van der Waals surface area contributed by atoms with E-state index in [4.69, 9.17) is 0 Å². The lowest BCUT2D eigenvalue weighted by molar-refractivity contribution is 0.467. The zero-order valence-corrected chi connectivity index (χ0v) is 14.5. The van der Waals surface area contributed by atoms with Crippen molar-refractivity contribution in [2.75, 3.05) is 0 Å². The molecule has 0 bridgehead atoms. The van der Waals surface area contributed by atoms with E-state index in [1.54, 1.807) is 18.2 Å². The van der Waals surface area contributed by atoms with Gasteiger partial charge in [-0.15, -0.1) is 10.2 Å². The third-order valence-electron chi connectivity index (χ3n) is 4.46. The Morgan fingerprint density at radius 3 is 2.70 bits per heavy atom. The third-order valence-corrected chi connectivity index (χ3v) is 4.46. The van der Waals surface area contributed by atoms with Crippen LogP contribution in [-0.4, -0.2) is 31.2 Å². The first-order valence-electron chi connectivity index (χ1n) is 8.31. The molecule has 1 atom stereocenters. The summed E-state index contributed by atoms with van der Waals surface area (Å²) in [6, 6.07) is 2.74. The summed E-state index contributed by atoms with van der Waals surface area (Å²) < 4.78 is 29.5. The molecule has 2 N–H and O–H groups in total. The minimum Gasteiger partial charge on any atom is -0.508 e. The van der Waals surface area contributed by atoms with Crippen LogP contribution in [0.1, 0.15) is 36.7 Å². The van der Waals surface area contributed by atoms with Crippen molar-refractivity contribution in [1.82, 2.24) is 20.4 Å². The molecule has 1 aromatic carbocycles. The monoisotopic (exact) mass is 367 g/mol. The van der Waals surface area contributed by atoms with Gasteiger partial charge in [-0.1, -0.05) is 12.2 Å². The molecule has 0 saturated carbocycles. The number of nitrogens with one attached hydrogen (secondary N) is 1. The van der Waals surface area contributed by atoms with Gasteiger partial charge in [-0.3, -0.25) is 4.99 Å². The number of nitrogens with zero attached hydrogens (tertiary/aromatic N) is 4. The highest BCUT2D eigenvalue weighted by molar-refractivity contribution is 6.31. The molecular formula is C19H15F2N5O. The van der Waals surface area contributed by atoms with Gasteiger partial charge in [0.2, 0.25) is 0 Å². The van der Waals surface area contributed by atoms with Crippen LogP contribution in [0.2, 0.25) is 0 Å². The molecule has 3 heterocycles. The zero-order chi connectivity index (χ0) is 19.1. The molecule has 4 rings (SSSR count). The first kappa shape index (κ1) is 17.0. The van der Waals surface area contributed by atoms with E-state index in [2.05, 4.69) is 25.4 Å². The van der Waals surface area contributed by atoms with E-state index in [1.807, 2.05) is 13.8 Å². The lowest BCUT2D eigenvalue weighted by atomic mass is 9.97. The second-order valence-electron chi connectivity index (χ2n) is 6.04. The molecule has 0 amide bonds. The maximum Gasteiger partial charge on any atom is 0.199 e. The van der Waals surface area contributed by atoms with Crippen LogP contribution in [0.15, 0.2) is 41.4 Å². The van der Waals surface area contributed by atoms with E-state index in [1.165, 1.54) is 12.1 Å². The molecule has 3 aromatic rings. The number of benzene rings is 1. The fraction of sp³-hybridized carbons (Fsp3) is 0.158. The molecule has 0 spiro atoms. The topological polar surface area (TPSA) is 87.0 Å². The molecule has 0 aliphatic carbocycles. The Labute approximate surface area is 153 Å². The van der Waals surface area contributed by atoms with Crippen molar-refractivity contribution < 1.29 is 13.9 Å². The van der Waals surface area contributed by atoms with Crippen molar-refractivity contribution in [3.05, 3.63) is 65.0 Å². The van der Waals surface area contributed by atoms with Crippen molar-refractivity contribution >= 4 is 22.3 Å². The van der Waals surface area contributed by atoms with Gasteiger partial charge < -0.3 is 10.1 Å². The molecule has 1 aliphatic heterocycles. The lowest BCUT2D eigenvalue weighted by Crippen LogP contribution is -2.05. The Morgan fingerprint density at radius 1 is 1.19 bits per heavy atom. The molecule has 0 radical (unpaired) electrons. The van der Waals surface area contributed by atoms with Crippen LogP contribution in [0.3, 0.4) is 0 Å². The molecule has 27 heavy (non-hydrogen) atoms. The maximum absolute atomic E-state index is 14.9. The van der Waals surface area contributed by atoms with E-state index >= 15 is 0 Å². The summed E-state index contributed by atoms with van der Waals surface area (Å²) in [5.74, 6) is -1.57. The zero-order valence-electron chi connectivity index (χ0n) is 14.5. The third kappa shape index (κ3) is 2.61. The smallest absolute Gasteiger partial charge is 0.199 e. The molecule has 1 unspecified atom stereocenters. The van der Waals surface area contributed by atoms with E-state index in [0.29, 0.717) is 22.4 Å². The largest absolute Gasteiger partial charge is 0.508 e. The minimum absolute atomic E-state index is 0.134. The summed E-state index contributed by atoms with van der Waals surface area (Å²) in [6.07, 6.45) is 5.34. The molecule has 8 heteroatoms. The number of halogens is 2. The number of aromatic nitrogens is 4. The number of hydrogen-bond donors (Lipinski definition) is 2. The first-order chi connectivity index (χ1) is 13.0. The standard InChI is InChI=1S/C19H15F2N5O/c1-3-5-13-10(4-2)17-15-14(18(21)23-19(15)25-26-24-17)16(22-13)11-7-6-9(27)8-12(11)20/h3-8,16,27H,1-2H3,(H,23,24,25)/b5-3-,10-4+. The average Bonchev–Trinajstić information content (AvgIpc) is 2.89. The highest BCUT2D eigenvalue weighted by Gasteiger charge is 2.32. The lowest BCUT2D eigenvalue weighted by Gasteiger charge is -2.14. The highest BCUT2D eigenvalue weighted by atomic mass is 19.1. The SMILES string of the molecule is C/C=C\C1=NC(c2ccc(O)cc2F)c2c(F)[nH]c3nnnc(c23)/C1=C/C. The van der Waals surface area contributed by atoms with Gasteiger partial charge in [-0.25, -0.2) is 4.39 Å². The van der Waals surface area contributed by atoms with E-state index in [9.17, 15) is 13.9 Å². The van der Waals surface area contributed by atoms with Crippen LogP contribution < -0.4 is 0 Å². The van der Waals surface area contributed by atoms with Gasteiger partial charge in [0.25, 0.3) is 0 Å². The second-order valence-corrected chi connectivity index (χ2v) is 6.04. The number of aromatic hydroxyl groups is 1. The second kappa shape index (κ2) is 6.39. The first-order valence-corrected chi connectivity index (χ1v) is 8.31. The number of aromatic amines is 1. The number of H-pyrrole nitrogens is 1. The maximum atomic E-state index is 14.9. The Bertz CT molecular complexity index is 1150. The van der Waals surface area contributed by atoms with Gasteiger partial charge in [0.15, 0.2) is 11.6 Å². The van der Waals surface area contributed by atoms with E-state index < -0.39 is 17.8 Å². The Morgan fingerprint density at radius 2 is 2.00 bits per heavy atom. The predicted octanol–water partition coefficient (Wildman–Crippen LogP) is 3.86. The van der Waals surface area contributed by atoms with Crippen molar-refractivity contribution in [2.45, 2.75) is 19.9 Å². The van der Waals surface area contributed by atoms with Gasteiger partial charge >= 0.3 is 0 Å². The van der Waals surface area contributed by atoms with Gasteiger partial charge in [-0.05, 0) is 37.3 Å². The summed E-state index contributed by atoms with van der Waals surface area (Å²) >= 11 is 0. The van der Waals surface area contributed by atoms with Crippen molar-refractivity contribution in [1.29, 1.82) is 0 Å². The highest BCUT2D eigenvalue weighted by Crippen LogP contribution is 2.41. The molecule has 136 valence electrons. The fourth-order valence-corrected chi connectivity index (χ4v) is 3.33. The van der Waals surface area contributed by atoms with Gasteiger partial charge in [0.05, 0.1) is 11.1 Å². The van der Waals surface area contributed by atoms with Crippen LogP contribution in [0.25, 0.3) is 16.6 Å². The number of rotatable bonds is 2. The van der Waals surface area contributed by atoms with Crippen LogP contribution in [0.4, 0.5) is 8.78 Å². The summed E-state index contributed by atoms with van der Waals surface area (Å²) in [5, 5.41) is 21.6. The Hall–Kier alpha value is -3.42. The number of hydrogen-bond acceptors (Lipinski definition) is 5. The minimum atomic E-state index is -0.979. The fourth-order valence-electron chi connectivity index (χ4n) is 3.33. The normalized spacial score (nSPS) is 18.3. The van der Waals surface area contributed by atoms with E-state index in [-0.39, 0.29) is 22.5 Å². The number of phenolic OH excluding ortho intramolecular Hbond substituents is 1. The van der Waals surface area contributed by atoms with Crippen LogP contribution in [0, 0.1) is 11.8 Å². The van der Waals surface area contributed by atoms with E-state index in [0.717, 1.165) is 6.07 Å². The number of phenols is 1. The number of allylic oxidation sites excluding steroid dienone is 4. The summed E-state index contributed by atoms with van der Waals surface area (Å²) in [6.45, 7) is 3.64. The molecule has 0 fully saturated rings. The van der Waals surface area contributed by atoms with Gasteiger partial charge in [0, 0.05) is 22.8 Å². The van der Waals surface area contributed by atoms with Crippen LogP contribution in [0.5, 0.6) is 5.75 Å². The van der Waals surface area contributed by atoms with Crippen molar-refractivity contribution in [3.8, 4) is 5.75 Å². The summed E-state index contributed by atoms with van der Waals surface area (Å²) in [7, 11) is 0. The Balaban J connectivity index is 2.13. The molecule has 1 aliphatic rings. The summed E-state index contributed by atoms with van der Waals surface area (Å²) in [4.78, 5) is 7.18. The van der Waals surface area contributed by atoms with Gasteiger partial charge in [0.1, 0.15) is 23.3 Å². The molecular weight excluding hydrogens is 352 g/mol. The number of aliphatic imine (C=N–C) groups is 1. The van der Waals surface area contributed by atoms with Gasteiger partial charge in [-0.2, -0.15) is 4.39 Å². The van der Waals surface area contributed by atoms with Crippen LogP contribution in [-0.2, 0) is 0 Å². The summed E-state index contributed by atoms with van der Waals surface area (Å²) in [5.41, 5.74) is 2.09. The quantitative estimate of drug-likeness (QED) is 0.720. The predicted molar refractivity (Wildman–Crippen MR) is 97.4 cm³/mol. The van der Waals surface area contributed by atoms with Crippen LogP contribution >= 0.6 is 0 Å². The molecule has 6 nitrogen and oxygen atoms in total. The Kier molecular flexibility index (Phi) is 4.02.